The summed E-state index contributed by atoms with van der Waals surface area (Å²) in [4.78, 5) is 23.3. The first-order chi connectivity index (χ1) is 12.4. The molecule has 1 fully saturated rings. The molecule has 7 heteroatoms. The normalized spacial score (nSPS) is 15.8. The Morgan fingerprint density at radius 2 is 2.04 bits per heavy atom. The molecule has 0 spiro atoms. The second-order valence-corrected chi connectivity index (χ2v) is 7.26. The number of benzene rings is 1. The number of hydrogen-bond acceptors (Lipinski definition) is 6. The number of carbonyl (C=O) groups is 1. The molecule has 0 saturated heterocycles. The molecular weight excluding hydrogens is 334 g/mol. The van der Waals surface area contributed by atoms with Gasteiger partial charge in [-0.15, -0.1) is 0 Å². The molecule has 2 rings (SSSR count). The third-order valence-electron chi connectivity index (χ3n) is 4.66. The molecule has 0 aliphatic heterocycles. The van der Waals surface area contributed by atoms with Gasteiger partial charge in [-0.25, -0.2) is 0 Å². The molecule has 1 aliphatic rings. The summed E-state index contributed by atoms with van der Waals surface area (Å²) in [6, 6.07) is 4.64. The number of anilines is 1. The maximum Gasteiger partial charge on any atom is 0.323 e. The van der Waals surface area contributed by atoms with E-state index in [1.54, 1.807) is 13.1 Å². The molecule has 26 heavy (non-hydrogen) atoms. The van der Waals surface area contributed by atoms with E-state index in [0.29, 0.717) is 24.6 Å². The molecule has 0 heterocycles. The predicted molar refractivity (Wildman–Crippen MR) is 101 cm³/mol. The Hall–Kier alpha value is -2.15. The Bertz CT molecular complexity index is 627. The average molecular weight is 363 g/mol. The van der Waals surface area contributed by atoms with Crippen LogP contribution in [0.25, 0.3) is 0 Å². The fourth-order valence-corrected chi connectivity index (χ4v) is 3.28. The van der Waals surface area contributed by atoms with Crippen LogP contribution in [-0.2, 0) is 16.1 Å². The van der Waals surface area contributed by atoms with Crippen molar-refractivity contribution in [3.8, 4) is 0 Å². The number of esters is 1. The van der Waals surface area contributed by atoms with E-state index in [4.69, 9.17) is 4.74 Å². The van der Waals surface area contributed by atoms with E-state index in [0.717, 1.165) is 31.2 Å². The minimum Gasteiger partial charge on any atom is -0.461 e. The van der Waals surface area contributed by atoms with Crippen molar-refractivity contribution in [3.63, 3.8) is 0 Å². The van der Waals surface area contributed by atoms with Gasteiger partial charge in [0.1, 0.15) is 17.8 Å². The molecule has 2 N–H and O–H groups in total. The van der Waals surface area contributed by atoms with E-state index in [9.17, 15) is 14.9 Å². The van der Waals surface area contributed by atoms with Crippen LogP contribution in [0, 0.1) is 16.0 Å². The molecule has 0 aromatic heterocycles. The molecular formula is C19H29N3O4. The van der Waals surface area contributed by atoms with E-state index >= 15 is 0 Å². The van der Waals surface area contributed by atoms with Gasteiger partial charge in [0.2, 0.25) is 0 Å². The van der Waals surface area contributed by atoms with Gasteiger partial charge >= 0.3 is 5.97 Å². The van der Waals surface area contributed by atoms with Crippen LogP contribution >= 0.6 is 0 Å². The fourth-order valence-electron chi connectivity index (χ4n) is 3.28. The van der Waals surface area contributed by atoms with Crippen LogP contribution in [0.2, 0.25) is 0 Å². The highest BCUT2D eigenvalue weighted by molar-refractivity contribution is 5.76. The van der Waals surface area contributed by atoms with Crippen molar-refractivity contribution in [2.45, 2.75) is 64.6 Å². The first kappa shape index (κ1) is 20.2. The molecule has 144 valence electrons. The Morgan fingerprint density at radius 1 is 1.35 bits per heavy atom. The number of carbonyl (C=O) groups excluding carboxylic acids is 1. The summed E-state index contributed by atoms with van der Waals surface area (Å²) >= 11 is 0. The zero-order valence-electron chi connectivity index (χ0n) is 15.8. The highest BCUT2D eigenvalue weighted by Crippen LogP contribution is 2.25. The first-order valence-electron chi connectivity index (χ1n) is 9.29. The minimum absolute atomic E-state index is 0.0285. The molecule has 0 amide bonds. The van der Waals surface area contributed by atoms with E-state index < -0.39 is 11.0 Å². The van der Waals surface area contributed by atoms with Crippen LogP contribution in [0.5, 0.6) is 0 Å². The minimum atomic E-state index is -0.407. The third-order valence-corrected chi connectivity index (χ3v) is 4.66. The van der Waals surface area contributed by atoms with Gasteiger partial charge in [0, 0.05) is 19.7 Å². The number of nitrogens with one attached hydrogen (secondary N) is 2. The first-order valence-corrected chi connectivity index (χ1v) is 9.29. The topological polar surface area (TPSA) is 93.5 Å². The van der Waals surface area contributed by atoms with Crippen LogP contribution < -0.4 is 10.6 Å². The molecule has 7 nitrogen and oxygen atoms in total. The Balaban J connectivity index is 2.02. The van der Waals surface area contributed by atoms with Crippen LogP contribution in [-0.4, -0.2) is 30.1 Å². The summed E-state index contributed by atoms with van der Waals surface area (Å²) in [5.41, 5.74) is 1.26. The zero-order valence-corrected chi connectivity index (χ0v) is 15.8. The number of rotatable bonds is 9. The fraction of sp³-hybridized carbons (Fsp3) is 0.632. The monoisotopic (exact) mass is 363 g/mol. The second kappa shape index (κ2) is 9.52. The average Bonchev–Trinajstić information content (AvgIpc) is 3.10. The Labute approximate surface area is 154 Å². The van der Waals surface area contributed by atoms with E-state index in [1.807, 2.05) is 6.07 Å². The van der Waals surface area contributed by atoms with E-state index in [-0.39, 0.29) is 17.8 Å². The quantitative estimate of drug-likeness (QED) is 0.395. The van der Waals surface area contributed by atoms with Gasteiger partial charge in [0.05, 0.1) is 4.92 Å². The number of ether oxygens (including phenoxy) is 1. The van der Waals surface area contributed by atoms with Gasteiger partial charge in [-0.1, -0.05) is 19.9 Å². The third kappa shape index (κ3) is 5.69. The molecule has 1 aromatic rings. The highest BCUT2D eigenvalue weighted by Gasteiger charge is 2.26. The number of nitro benzene ring substituents is 1. The molecule has 1 aliphatic carbocycles. The summed E-state index contributed by atoms with van der Waals surface area (Å²) in [5.74, 6) is 0.122. The maximum atomic E-state index is 12.5. The molecule has 1 aromatic carbocycles. The highest BCUT2D eigenvalue weighted by atomic mass is 16.6. The van der Waals surface area contributed by atoms with Crippen LogP contribution in [0.15, 0.2) is 18.2 Å². The Kier molecular flexibility index (Phi) is 7.38. The number of nitro groups is 1. The summed E-state index contributed by atoms with van der Waals surface area (Å²) in [7, 11) is 1.65. The lowest BCUT2D eigenvalue weighted by atomic mass is 10.0. The molecule has 0 bridgehead atoms. The van der Waals surface area contributed by atoms with Gasteiger partial charge in [-0.05, 0) is 49.7 Å². The van der Waals surface area contributed by atoms with Crippen molar-refractivity contribution in [3.05, 3.63) is 33.9 Å². The van der Waals surface area contributed by atoms with Gasteiger partial charge in [-0.2, -0.15) is 0 Å². The van der Waals surface area contributed by atoms with Crippen molar-refractivity contribution in [2.75, 3.05) is 12.4 Å². The van der Waals surface area contributed by atoms with Crippen LogP contribution in [0.3, 0.4) is 0 Å². The van der Waals surface area contributed by atoms with Crippen molar-refractivity contribution in [2.24, 2.45) is 5.92 Å². The number of nitrogens with zero attached hydrogens (tertiary/aromatic N) is 1. The van der Waals surface area contributed by atoms with Crippen molar-refractivity contribution in [1.29, 1.82) is 0 Å². The number of hydrogen-bond donors (Lipinski definition) is 2. The van der Waals surface area contributed by atoms with Gasteiger partial charge in [0.25, 0.3) is 5.69 Å². The predicted octanol–water partition coefficient (Wildman–Crippen LogP) is 3.63. The molecule has 1 atom stereocenters. The van der Waals surface area contributed by atoms with Crippen LogP contribution in [0.1, 0.15) is 51.5 Å². The summed E-state index contributed by atoms with van der Waals surface area (Å²) < 4.78 is 5.64. The van der Waals surface area contributed by atoms with Gasteiger partial charge in [-0.3, -0.25) is 14.9 Å². The lowest BCUT2D eigenvalue weighted by Gasteiger charge is -2.22. The Morgan fingerprint density at radius 3 is 2.62 bits per heavy atom. The second-order valence-electron chi connectivity index (χ2n) is 7.26. The standard InChI is InChI=1S/C19H29N3O4/c1-13(2)10-17(19(23)26-15-6-4-5-7-15)21-12-14-8-9-16(20-3)18(11-14)22(24)25/h8-9,11,13,15,17,20-21H,4-7,10,12H2,1-3H3. The van der Waals surface area contributed by atoms with E-state index in [1.165, 1.54) is 6.07 Å². The summed E-state index contributed by atoms with van der Waals surface area (Å²) in [6.07, 6.45) is 4.82. The summed E-state index contributed by atoms with van der Waals surface area (Å²) in [6.45, 7) is 4.50. The van der Waals surface area contributed by atoms with Crippen LogP contribution in [0.4, 0.5) is 11.4 Å². The van der Waals surface area contributed by atoms with Crippen molar-refractivity contribution < 1.29 is 14.5 Å². The summed E-state index contributed by atoms with van der Waals surface area (Å²) in [5, 5.41) is 17.2. The van der Waals surface area contributed by atoms with Crippen molar-refractivity contribution >= 4 is 17.3 Å². The smallest absolute Gasteiger partial charge is 0.323 e. The largest absolute Gasteiger partial charge is 0.461 e. The van der Waals surface area contributed by atoms with Gasteiger partial charge < -0.3 is 15.4 Å². The zero-order chi connectivity index (χ0) is 19.1. The molecule has 1 saturated carbocycles. The SMILES string of the molecule is CNc1ccc(CNC(CC(C)C)C(=O)OC2CCCC2)cc1[N+](=O)[O-]. The lowest BCUT2D eigenvalue weighted by molar-refractivity contribution is -0.384. The van der Waals surface area contributed by atoms with Gasteiger partial charge in [0.15, 0.2) is 0 Å². The molecule has 1 unspecified atom stereocenters. The maximum absolute atomic E-state index is 12.5. The van der Waals surface area contributed by atoms with Crippen molar-refractivity contribution in [1.82, 2.24) is 5.32 Å². The lowest BCUT2D eigenvalue weighted by Crippen LogP contribution is -2.40. The van der Waals surface area contributed by atoms with E-state index in [2.05, 4.69) is 24.5 Å². The molecule has 0 radical (unpaired) electrons.